The molecule has 3 aliphatic heterocycles. The number of anilines is 1. The van der Waals surface area contributed by atoms with E-state index in [1.807, 2.05) is 26.0 Å². The van der Waals surface area contributed by atoms with Crippen LogP contribution in [0, 0.1) is 0 Å². The number of fused-ring (bicyclic) bond motifs is 2. The summed E-state index contributed by atoms with van der Waals surface area (Å²) in [6, 6.07) is 13.9. The first-order chi connectivity index (χ1) is 18.9. The number of likely N-dealkylation sites (tertiary alicyclic amines) is 1. The molecule has 3 aliphatic rings. The highest BCUT2D eigenvalue weighted by atomic mass is 16.5. The highest BCUT2D eigenvalue weighted by Gasteiger charge is 2.66. The molecule has 2 amide bonds. The SMILES string of the molecule is CCCN1C(=O)C2(/C(=C(\O)c3ccc(OCC)cc3)C(=O)C(=O)N2CCCN2CCOCC2)c2ccccc21. The van der Waals surface area contributed by atoms with Crippen LogP contribution in [0.3, 0.4) is 0 Å². The quantitative estimate of drug-likeness (QED) is 0.300. The Balaban J connectivity index is 1.62. The summed E-state index contributed by atoms with van der Waals surface area (Å²) in [6.45, 7) is 8.58. The van der Waals surface area contributed by atoms with Crippen molar-refractivity contribution >= 4 is 29.0 Å². The number of amides is 2. The van der Waals surface area contributed by atoms with Gasteiger partial charge in [0, 0.05) is 43.9 Å². The number of ketones is 1. The summed E-state index contributed by atoms with van der Waals surface area (Å²) in [5, 5.41) is 11.6. The van der Waals surface area contributed by atoms with Crippen molar-refractivity contribution in [1.82, 2.24) is 9.80 Å². The monoisotopic (exact) mass is 533 g/mol. The molecule has 9 heteroatoms. The number of Topliss-reactive ketones (excluding diaryl/α,β-unsaturated/α-hetero) is 1. The van der Waals surface area contributed by atoms with Gasteiger partial charge in [0.05, 0.1) is 31.1 Å². The molecule has 3 heterocycles. The Kier molecular flexibility index (Phi) is 7.72. The lowest BCUT2D eigenvalue weighted by atomic mass is 9.82. The maximum Gasteiger partial charge on any atom is 0.296 e. The fourth-order valence-corrected chi connectivity index (χ4v) is 5.91. The summed E-state index contributed by atoms with van der Waals surface area (Å²) in [5.74, 6) is -1.76. The third-order valence-electron chi connectivity index (χ3n) is 7.65. The van der Waals surface area contributed by atoms with Gasteiger partial charge in [-0.2, -0.15) is 0 Å². The zero-order valence-corrected chi connectivity index (χ0v) is 22.5. The molecule has 2 aromatic rings. The first kappa shape index (κ1) is 26.9. The summed E-state index contributed by atoms with van der Waals surface area (Å²) < 4.78 is 10.9. The number of hydrogen-bond donors (Lipinski definition) is 1. The fraction of sp³-hybridized carbons (Fsp3) is 0.433. The van der Waals surface area contributed by atoms with Crippen molar-refractivity contribution in [3.8, 4) is 5.75 Å². The summed E-state index contributed by atoms with van der Waals surface area (Å²) >= 11 is 0. The number of morpholine rings is 1. The molecule has 9 nitrogen and oxygen atoms in total. The second kappa shape index (κ2) is 11.2. The predicted molar refractivity (Wildman–Crippen MR) is 147 cm³/mol. The lowest BCUT2D eigenvalue weighted by Gasteiger charge is -2.35. The van der Waals surface area contributed by atoms with Gasteiger partial charge in [0.2, 0.25) is 0 Å². The molecule has 206 valence electrons. The van der Waals surface area contributed by atoms with Gasteiger partial charge in [-0.3, -0.25) is 19.3 Å². The number of rotatable bonds is 9. The lowest BCUT2D eigenvalue weighted by Crippen LogP contribution is -2.52. The van der Waals surface area contributed by atoms with E-state index in [0.717, 1.165) is 13.1 Å². The number of nitrogens with zero attached hydrogens (tertiary/aromatic N) is 3. The molecular formula is C30H35N3O6. The van der Waals surface area contributed by atoms with E-state index in [4.69, 9.17) is 9.47 Å². The van der Waals surface area contributed by atoms with Gasteiger partial charge < -0.3 is 24.4 Å². The zero-order valence-electron chi connectivity index (χ0n) is 22.5. The third kappa shape index (κ3) is 4.49. The molecular weight excluding hydrogens is 498 g/mol. The van der Waals surface area contributed by atoms with Crippen molar-refractivity contribution in [2.24, 2.45) is 0 Å². The summed E-state index contributed by atoms with van der Waals surface area (Å²) in [6.07, 6.45) is 1.26. The van der Waals surface area contributed by atoms with Crippen LogP contribution in [0.15, 0.2) is 54.1 Å². The second-order valence-corrected chi connectivity index (χ2v) is 9.96. The summed E-state index contributed by atoms with van der Waals surface area (Å²) in [7, 11) is 0. The van der Waals surface area contributed by atoms with Crippen molar-refractivity contribution < 1.29 is 29.0 Å². The van der Waals surface area contributed by atoms with Gasteiger partial charge in [0.15, 0.2) is 5.54 Å². The number of para-hydroxylation sites is 1. The second-order valence-electron chi connectivity index (χ2n) is 9.96. The molecule has 1 unspecified atom stereocenters. The number of hydrogen-bond acceptors (Lipinski definition) is 7. The molecule has 2 fully saturated rings. The van der Waals surface area contributed by atoms with Gasteiger partial charge in [-0.25, -0.2) is 0 Å². The van der Waals surface area contributed by atoms with Crippen molar-refractivity contribution in [1.29, 1.82) is 0 Å². The number of aliphatic hydroxyl groups excluding tert-OH is 1. The van der Waals surface area contributed by atoms with Crippen molar-refractivity contribution in [2.45, 2.75) is 32.2 Å². The number of carbonyl (C=O) groups excluding carboxylic acids is 3. The molecule has 2 saturated heterocycles. The number of carbonyl (C=O) groups is 3. The van der Waals surface area contributed by atoms with E-state index < -0.39 is 17.2 Å². The van der Waals surface area contributed by atoms with E-state index in [0.29, 0.717) is 68.3 Å². The first-order valence-electron chi connectivity index (χ1n) is 13.7. The normalized spacial score (nSPS) is 22.7. The summed E-state index contributed by atoms with van der Waals surface area (Å²) in [4.78, 5) is 47.1. The standard InChI is InChI=1S/C30H35N3O6/c1-3-14-32-24-9-6-5-8-23(24)30(29(32)37)25(26(34)21-10-12-22(13-11-21)39-4-2)27(35)28(36)33(30)16-7-15-31-17-19-38-20-18-31/h5-6,8-13,34H,3-4,7,14-20H2,1-2H3/b26-25-. The van der Waals surface area contributed by atoms with Gasteiger partial charge in [0.25, 0.3) is 17.6 Å². The summed E-state index contributed by atoms with van der Waals surface area (Å²) in [5.41, 5.74) is -0.376. The molecule has 0 aromatic heterocycles. The maximum atomic E-state index is 14.4. The van der Waals surface area contributed by atoms with Crippen LogP contribution in [0.5, 0.6) is 5.75 Å². The topological polar surface area (TPSA) is 99.6 Å². The number of benzene rings is 2. The minimum absolute atomic E-state index is 0.181. The minimum Gasteiger partial charge on any atom is -0.507 e. The largest absolute Gasteiger partial charge is 0.507 e. The van der Waals surface area contributed by atoms with E-state index in [9.17, 15) is 19.5 Å². The Bertz CT molecular complexity index is 1280. The lowest BCUT2D eigenvalue weighted by molar-refractivity contribution is -0.143. The molecule has 1 N–H and O–H groups in total. The van der Waals surface area contributed by atoms with Crippen molar-refractivity contribution in [3.05, 3.63) is 65.2 Å². The van der Waals surface area contributed by atoms with Crippen molar-refractivity contribution in [3.63, 3.8) is 0 Å². The molecule has 39 heavy (non-hydrogen) atoms. The minimum atomic E-state index is -1.73. The molecule has 1 spiro atoms. The maximum absolute atomic E-state index is 14.4. The average Bonchev–Trinajstić information content (AvgIpc) is 3.33. The molecule has 0 radical (unpaired) electrons. The van der Waals surface area contributed by atoms with E-state index in [1.54, 1.807) is 41.3 Å². The molecule has 0 aliphatic carbocycles. The average molecular weight is 534 g/mol. The zero-order chi connectivity index (χ0) is 27.6. The molecule has 0 bridgehead atoms. The van der Waals surface area contributed by atoms with Gasteiger partial charge in [0.1, 0.15) is 11.5 Å². The van der Waals surface area contributed by atoms with Crippen LogP contribution < -0.4 is 9.64 Å². The van der Waals surface area contributed by atoms with Crippen molar-refractivity contribution in [2.75, 3.05) is 57.4 Å². The van der Waals surface area contributed by atoms with Gasteiger partial charge in [-0.05, 0) is 50.1 Å². The Morgan fingerprint density at radius 3 is 2.38 bits per heavy atom. The smallest absolute Gasteiger partial charge is 0.296 e. The highest BCUT2D eigenvalue weighted by Crippen LogP contribution is 2.53. The van der Waals surface area contributed by atoms with Crippen LogP contribution in [0.1, 0.15) is 37.8 Å². The Hall–Kier alpha value is -3.69. The van der Waals surface area contributed by atoms with E-state index >= 15 is 0 Å². The van der Waals surface area contributed by atoms with Crippen LogP contribution in [-0.2, 0) is 24.7 Å². The predicted octanol–water partition coefficient (Wildman–Crippen LogP) is 3.14. The van der Waals surface area contributed by atoms with Gasteiger partial charge in [-0.15, -0.1) is 0 Å². The van der Waals surface area contributed by atoms with Gasteiger partial charge >= 0.3 is 0 Å². The molecule has 2 aromatic carbocycles. The Labute approximate surface area is 228 Å². The molecule has 0 saturated carbocycles. The third-order valence-corrected chi connectivity index (χ3v) is 7.65. The Morgan fingerprint density at radius 2 is 1.69 bits per heavy atom. The highest BCUT2D eigenvalue weighted by molar-refractivity contribution is 6.50. The van der Waals surface area contributed by atoms with E-state index in [-0.39, 0.29) is 23.8 Å². The number of aliphatic hydroxyl groups is 1. The van der Waals surface area contributed by atoms with Gasteiger partial charge in [-0.1, -0.05) is 25.1 Å². The van der Waals surface area contributed by atoms with Crippen LogP contribution in [-0.4, -0.2) is 85.0 Å². The van der Waals surface area contributed by atoms with Crippen LogP contribution in [0.25, 0.3) is 5.76 Å². The van der Waals surface area contributed by atoms with E-state index in [1.165, 1.54) is 4.90 Å². The molecule has 5 rings (SSSR count). The van der Waals surface area contributed by atoms with E-state index in [2.05, 4.69) is 4.90 Å². The van der Waals surface area contributed by atoms with Crippen LogP contribution in [0.4, 0.5) is 5.69 Å². The van der Waals surface area contributed by atoms with Crippen LogP contribution >= 0.6 is 0 Å². The Morgan fingerprint density at radius 1 is 0.974 bits per heavy atom. The van der Waals surface area contributed by atoms with Crippen LogP contribution in [0.2, 0.25) is 0 Å². The fourth-order valence-electron chi connectivity index (χ4n) is 5.91. The first-order valence-corrected chi connectivity index (χ1v) is 13.7. The molecule has 1 atom stereocenters. The number of ether oxygens (including phenoxy) is 2.